The first kappa shape index (κ1) is 11.9. The van der Waals surface area contributed by atoms with E-state index >= 15 is 0 Å². The summed E-state index contributed by atoms with van der Waals surface area (Å²) in [5.74, 6) is 1.41. The average molecular weight is 234 g/mol. The SMILES string of the molecule is CC(C)CCn1nnc(CN)c1-c1ccco1. The van der Waals surface area contributed by atoms with Crippen molar-refractivity contribution >= 4 is 0 Å². The molecule has 2 aromatic rings. The maximum Gasteiger partial charge on any atom is 0.153 e. The van der Waals surface area contributed by atoms with Crippen molar-refractivity contribution in [3.8, 4) is 11.5 Å². The largest absolute Gasteiger partial charge is 0.463 e. The van der Waals surface area contributed by atoms with Crippen LogP contribution < -0.4 is 5.73 Å². The molecule has 0 bridgehead atoms. The number of aromatic nitrogens is 3. The smallest absolute Gasteiger partial charge is 0.153 e. The predicted molar refractivity (Wildman–Crippen MR) is 65.1 cm³/mol. The number of hydrogen-bond acceptors (Lipinski definition) is 4. The van der Waals surface area contributed by atoms with Gasteiger partial charge in [-0.25, -0.2) is 4.68 Å². The highest BCUT2D eigenvalue weighted by molar-refractivity contribution is 5.55. The first-order chi connectivity index (χ1) is 8.22. The van der Waals surface area contributed by atoms with Crippen molar-refractivity contribution in [1.82, 2.24) is 15.0 Å². The van der Waals surface area contributed by atoms with Crippen molar-refractivity contribution in [2.24, 2.45) is 11.7 Å². The van der Waals surface area contributed by atoms with Crippen molar-refractivity contribution < 1.29 is 4.42 Å². The Hall–Kier alpha value is -1.62. The number of rotatable bonds is 5. The lowest BCUT2D eigenvalue weighted by Crippen LogP contribution is -2.06. The van der Waals surface area contributed by atoms with Crippen LogP contribution in [0.15, 0.2) is 22.8 Å². The molecule has 5 heteroatoms. The zero-order chi connectivity index (χ0) is 12.3. The van der Waals surface area contributed by atoms with Gasteiger partial charge in [-0.1, -0.05) is 19.1 Å². The van der Waals surface area contributed by atoms with Crippen molar-refractivity contribution in [1.29, 1.82) is 0 Å². The molecule has 0 unspecified atom stereocenters. The zero-order valence-electron chi connectivity index (χ0n) is 10.3. The second-order valence-electron chi connectivity index (χ2n) is 4.47. The Morgan fingerprint density at radius 2 is 2.29 bits per heavy atom. The molecule has 0 aromatic carbocycles. The predicted octanol–water partition coefficient (Wildman–Crippen LogP) is 2.04. The van der Waals surface area contributed by atoms with Crippen LogP contribution in [-0.2, 0) is 13.1 Å². The van der Waals surface area contributed by atoms with Gasteiger partial charge in [0.15, 0.2) is 5.76 Å². The highest BCUT2D eigenvalue weighted by Gasteiger charge is 2.16. The molecule has 0 aliphatic carbocycles. The second kappa shape index (κ2) is 5.14. The number of hydrogen-bond donors (Lipinski definition) is 1. The molecular formula is C12H18N4O. The maximum absolute atomic E-state index is 5.67. The summed E-state index contributed by atoms with van der Waals surface area (Å²) < 4.78 is 7.29. The quantitative estimate of drug-likeness (QED) is 0.859. The van der Waals surface area contributed by atoms with E-state index in [1.165, 1.54) is 0 Å². The molecule has 0 fully saturated rings. The van der Waals surface area contributed by atoms with Gasteiger partial charge in [0, 0.05) is 13.1 Å². The van der Waals surface area contributed by atoms with Crippen molar-refractivity contribution in [2.45, 2.75) is 33.4 Å². The average Bonchev–Trinajstić information content (AvgIpc) is 2.94. The van der Waals surface area contributed by atoms with Crippen molar-refractivity contribution in [3.63, 3.8) is 0 Å². The van der Waals surface area contributed by atoms with Crippen LogP contribution in [0.3, 0.4) is 0 Å². The van der Waals surface area contributed by atoms with Crippen LogP contribution in [0.4, 0.5) is 0 Å². The molecule has 0 aliphatic rings. The Labute approximate surface area is 101 Å². The molecule has 0 radical (unpaired) electrons. The summed E-state index contributed by atoms with van der Waals surface area (Å²) in [6, 6.07) is 3.76. The minimum absolute atomic E-state index is 0.373. The molecule has 17 heavy (non-hydrogen) atoms. The fourth-order valence-electron chi connectivity index (χ4n) is 1.71. The maximum atomic E-state index is 5.67. The van der Waals surface area contributed by atoms with E-state index in [4.69, 9.17) is 10.2 Å². The van der Waals surface area contributed by atoms with Crippen LogP contribution in [0, 0.1) is 5.92 Å². The Kier molecular flexibility index (Phi) is 3.58. The summed E-state index contributed by atoms with van der Waals surface area (Å²) in [6.45, 7) is 5.58. The van der Waals surface area contributed by atoms with Crippen molar-refractivity contribution in [2.75, 3.05) is 0 Å². The lowest BCUT2D eigenvalue weighted by Gasteiger charge is -2.07. The standard InChI is InChI=1S/C12H18N4O/c1-9(2)5-6-16-12(10(8-13)14-15-16)11-4-3-7-17-11/h3-4,7,9H,5-6,8,13H2,1-2H3. The van der Waals surface area contributed by atoms with Gasteiger partial charge in [0.05, 0.1) is 6.26 Å². The van der Waals surface area contributed by atoms with Crippen LogP contribution >= 0.6 is 0 Å². The van der Waals surface area contributed by atoms with Crippen LogP contribution in [0.1, 0.15) is 26.0 Å². The lowest BCUT2D eigenvalue weighted by molar-refractivity contribution is 0.475. The summed E-state index contributed by atoms with van der Waals surface area (Å²) in [7, 11) is 0. The molecule has 5 nitrogen and oxygen atoms in total. The van der Waals surface area contributed by atoms with E-state index in [9.17, 15) is 0 Å². The lowest BCUT2D eigenvalue weighted by atomic mass is 10.1. The third-order valence-corrected chi connectivity index (χ3v) is 2.67. The number of nitrogens with zero attached hydrogens (tertiary/aromatic N) is 3. The highest BCUT2D eigenvalue weighted by atomic mass is 16.3. The van der Waals surface area contributed by atoms with Crippen LogP contribution in [0.25, 0.3) is 11.5 Å². The molecule has 2 rings (SSSR count). The van der Waals surface area contributed by atoms with Gasteiger partial charge in [0.2, 0.25) is 0 Å². The van der Waals surface area contributed by atoms with E-state index in [1.54, 1.807) is 6.26 Å². The van der Waals surface area contributed by atoms with E-state index in [0.29, 0.717) is 12.5 Å². The molecule has 0 saturated heterocycles. The molecule has 92 valence electrons. The number of nitrogens with two attached hydrogens (primary N) is 1. The summed E-state index contributed by atoms with van der Waals surface area (Å²) >= 11 is 0. The minimum atomic E-state index is 0.373. The first-order valence-corrected chi connectivity index (χ1v) is 5.88. The van der Waals surface area contributed by atoms with Crippen LogP contribution in [0.5, 0.6) is 0 Å². The van der Waals surface area contributed by atoms with Crippen LogP contribution in [-0.4, -0.2) is 15.0 Å². The molecule has 0 aliphatic heterocycles. The van der Waals surface area contributed by atoms with E-state index in [1.807, 2.05) is 16.8 Å². The second-order valence-corrected chi connectivity index (χ2v) is 4.47. The third-order valence-electron chi connectivity index (χ3n) is 2.67. The van der Waals surface area contributed by atoms with E-state index in [2.05, 4.69) is 24.2 Å². The summed E-state index contributed by atoms with van der Waals surface area (Å²) in [5.41, 5.74) is 7.35. The monoisotopic (exact) mass is 234 g/mol. The van der Waals surface area contributed by atoms with E-state index < -0.39 is 0 Å². The fraction of sp³-hybridized carbons (Fsp3) is 0.500. The van der Waals surface area contributed by atoms with Gasteiger partial charge in [-0.2, -0.15) is 0 Å². The number of aryl methyl sites for hydroxylation is 1. The summed E-state index contributed by atoms with van der Waals surface area (Å²) in [6.07, 6.45) is 2.70. The Balaban J connectivity index is 2.30. The molecule has 0 spiro atoms. The molecular weight excluding hydrogens is 216 g/mol. The van der Waals surface area contributed by atoms with E-state index in [0.717, 1.165) is 30.1 Å². The van der Waals surface area contributed by atoms with Crippen molar-refractivity contribution in [3.05, 3.63) is 24.1 Å². The topological polar surface area (TPSA) is 69.9 Å². The van der Waals surface area contributed by atoms with E-state index in [-0.39, 0.29) is 0 Å². The summed E-state index contributed by atoms with van der Waals surface area (Å²) in [5, 5.41) is 8.24. The molecule has 2 heterocycles. The van der Waals surface area contributed by atoms with Gasteiger partial charge < -0.3 is 10.2 Å². The third kappa shape index (κ3) is 2.55. The molecule has 0 atom stereocenters. The Morgan fingerprint density at radius 3 is 2.88 bits per heavy atom. The first-order valence-electron chi connectivity index (χ1n) is 5.88. The highest BCUT2D eigenvalue weighted by Crippen LogP contribution is 2.23. The van der Waals surface area contributed by atoms with Gasteiger partial charge >= 0.3 is 0 Å². The minimum Gasteiger partial charge on any atom is -0.463 e. The number of furan rings is 1. The Morgan fingerprint density at radius 1 is 1.47 bits per heavy atom. The van der Waals surface area contributed by atoms with Crippen LogP contribution in [0.2, 0.25) is 0 Å². The van der Waals surface area contributed by atoms with Gasteiger partial charge in [-0.15, -0.1) is 5.10 Å². The normalized spacial score (nSPS) is 11.3. The molecule has 2 aromatic heterocycles. The zero-order valence-corrected chi connectivity index (χ0v) is 10.3. The Bertz CT molecular complexity index is 459. The van der Waals surface area contributed by atoms with Gasteiger partial charge in [-0.05, 0) is 24.5 Å². The fourth-order valence-corrected chi connectivity index (χ4v) is 1.71. The summed E-state index contributed by atoms with van der Waals surface area (Å²) in [4.78, 5) is 0. The molecule has 0 saturated carbocycles. The molecule has 2 N–H and O–H groups in total. The van der Waals surface area contributed by atoms with Gasteiger partial charge in [0.25, 0.3) is 0 Å². The van der Waals surface area contributed by atoms with Gasteiger partial charge in [0.1, 0.15) is 11.4 Å². The molecule has 0 amide bonds. The van der Waals surface area contributed by atoms with Gasteiger partial charge in [-0.3, -0.25) is 0 Å².